The van der Waals surface area contributed by atoms with E-state index < -0.39 is 0 Å². The molecule has 0 aliphatic carbocycles. The Morgan fingerprint density at radius 1 is 1.43 bits per heavy atom. The molecule has 0 saturated carbocycles. The van der Waals surface area contributed by atoms with Crippen LogP contribution >= 0.6 is 0 Å². The Kier molecular flexibility index (Phi) is 5.36. The quantitative estimate of drug-likeness (QED) is 0.892. The van der Waals surface area contributed by atoms with Crippen LogP contribution in [0.5, 0.6) is 0 Å². The van der Waals surface area contributed by atoms with Crippen molar-refractivity contribution in [1.82, 2.24) is 20.0 Å². The van der Waals surface area contributed by atoms with Crippen LogP contribution in [0.15, 0.2) is 12.3 Å². The van der Waals surface area contributed by atoms with Gasteiger partial charge in [-0.25, -0.2) is 0 Å². The van der Waals surface area contributed by atoms with Crippen molar-refractivity contribution in [2.75, 3.05) is 13.1 Å². The van der Waals surface area contributed by atoms with Gasteiger partial charge in [-0.2, -0.15) is 5.10 Å². The standard InChI is InChI=1S/C15H24N4O2/c1-3-18-11-8-14(17-18)15(21)19-10-5-4-6-13(19)7-9-16-12(2)20/h8,11,13H,3-7,9-10H2,1-2H3,(H,16,20)/t13-/m0/s1. The van der Waals surface area contributed by atoms with Crippen molar-refractivity contribution in [3.63, 3.8) is 0 Å². The van der Waals surface area contributed by atoms with E-state index in [-0.39, 0.29) is 17.9 Å². The number of carbonyl (C=O) groups is 2. The van der Waals surface area contributed by atoms with Gasteiger partial charge in [0.25, 0.3) is 5.91 Å². The smallest absolute Gasteiger partial charge is 0.274 e. The van der Waals surface area contributed by atoms with E-state index in [4.69, 9.17) is 0 Å². The van der Waals surface area contributed by atoms with Gasteiger partial charge in [0, 0.05) is 38.8 Å². The molecular formula is C15H24N4O2. The highest BCUT2D eigenvalue weighted by atomic mass is 16.2. The van der Waals surface area contributed by atoms with Gasteiger partial charge in [-0.05, 0) is 38.7 Å². The normalized spacial score (nSPS) is 18.6. The number of aryl methyl sites for hydroxylation is 1. The van der Waals surface area contributed by atoms with Crippen LogP contribution in [0, 0.1) is 0 Å². The van der Waals surface area contributed by atoms with Crippen LogP contribution in [0.3, 0.4) is 0 Å². The molecular weight excluding hydrogens is 268 g/mol. The first-order valence-corrected chi connectivity index (χ1v) is 7.70. The van der Waals surface area contributed by atoms with Crippen molar-refractivity contribution < 1.29 is 9.59 Å². The highest BCUT2D eigenvalue weighted by Crippen LogP contribution is 2.21. The summed E-state index contributed by atoms with van der Waals surface area (Å²) in [7, 11) is 0. The molecule has 1 fully saturated rings. The van der Waals surface area contributed by atoms with Crippen LogP contribution in [-0.4, -0.2) is 45.6 Å². The second-order valence-corrected chi connectivity index (χ2v) is 5.48. The Balaban J connectivity index is 1.99. The fraction of sp³-hybridized carbons (Fsp3) is 0.667. The molecule has 0 radical (unpaired) electrons. The number of rotatable bonds is 5. The molecule has 1 atom stereocenters. The van der Waals surface area contributed by atoms with Crippen molar-refractivity contribution in [3.05, 3.63) is 18.0 Å². The lowest BCUT2D eigenvalue weighted by molar-refractivity contribution is -0.119. The second-order valence-electron chi connectivity index (χ2n) is 5.48. The number of likely N-dealkylation sites (tertiary alicyclic amines) is 1. The first-order valence-electron chi connectivity index (χ1n) is 7.70. The van der Waals surface area contributed by atoms with Gasteiger partial charge in [0.05, 0.1) is 0 Å². The molecule has 6 nitrogen and oxygen atoms in total. The van der Waals surface area contributed by atoms with Crippen LogP contribution in [0.1, 0.15) is 50.0 Å². The highest BCUT2D eigenvalue weighted by Gasteiger charge is 2.28. The molecule has 116 valence electrons. The zero-order valence-corrected chi connectivity index (χ0v) is 12.8. The third-order valence-electron chi connectivity index (χ3n) is 3.92. The third-order valence-corrected chi connectivity index (χ3v) is 3.92. The van der Waals surface area contributed by atoms with Gasteiger partial charge in [-0.1, -0.05) is 0 Å². The maximum absolute atomic E-state index is 12.6. The maximum Gasteiger partial charge on any atom is 0.274 e. The van der Waals surface area contributed by atoms with E-state index in [9.17, 15) is 9.59 Å². The fourth-order valence-electron chi connectivity index (χ4n) is 2.78. The van der Waals surface area contributed by atoms with Gasteiger partial charge < -0.3 is 10.2 Å². The van der Waals surface area contributed by atoms with E-state index in [1.54, 1.807) is 10.7 Å². The van der Waals surface area contributed by atoms with E-state index in [0.717, 1.165) is 38.8 Å². The first-order chi connectivity index (χ1) is 10.1. The molecule has 2 rings (SSSR count). The summed E-state index contributed by atoms with van der Waals surface area (Å²) >= 11 is 0. The molecule has 1 aromatic heterocycles. The summed E-state index contributed by atoms with van der Waals surface area (Å²) in [4.78, 5) is 25.5. The zero-order valence-electron chi connectivity index (χ0n) is 12.8. The molecule has 1 aromatic rings. The number of piperidine rings is 1. The van der Waals surface area contributed by atoms with Crippen LogP contribution in [0.25, 0.3) is 0 Å². The number of hydrogen-bond donors (Lipinski definition) is 1. The average Bonchev–Trinajstić information content (AvgIpc) is 2.95. The molecule has 0 unspecified atom stereocenters. The van der Waals surface area contributed by atoms with Crippen molar-refractivity contribution in [3.8, 4) is 0 Å². The molecule has 1 N–H and O–H groups in total. The summed E-state index contributed by atoms with van der Waals surface area (Å²) in [5, 5.41) is 7.11. The van der Waals surface area contributed by atoms with Gasteiger partial charge in [0.15, 0.2) is 0 Å². The predicted octanol–water partition coefficient (Wildman–Crippen LogP) is 1.42. The van der Waals surface area contributed by atoms with Crippen molar-refractivity contribution in [2.45, 2.75) is 52.1 Å². The van der Waals surface area contributed by atoms with E-state index in [0.29, 0.717) is 12.2 Å². The fourth-order valence-corrected chi connectivity index (χ4v) is 2.78. The van der Waals surface area contributed by atoms with E-state index in [1.165, 1.54) is 6.92 Å². The minimum atomic E-state index is -0.0228. The topological polar surface area (TPSA) is 67.2 Å². The van der Waals surface area contributed by atoms with Crippen LogP contribution in [0.2, 0.25) is 0 Å². The largest absolute Gasteiger partial charge is 0.356 e. The molecule has 21 heavy (non-hydrogen) atoms. The predicted molar refractivity (Wildman–Crippen MR) is 79.9 cm³/mol. The minimum absolute atomic E-state index is 0.00900. The molecule has 0 aromatic carbocycles. The SMILES string of the molecule is CCn1ccc(C(=O)N2CCCC[C@H]2CCNC(C)=O)n1. The Labute approximate surface area is 125 Å². The summed E-state index contributed by atoms with van der Waals surface area (Å²) in [6.07, 6.45) is 5.82. The number of carbonyl (C=O) groups excluding carboxylic acids is 2. The molecule has 1 aliphatic rings. The van der Waals surface area contributed by atoms with E-state index in [2.05, 4.69) is 10.4 Å². The number of hydrogen-bond acceptors (Lipinski definition) is 3. The van der Waals surface area contributed by atoms with Gasteiger partial charge in [-0.3, -0.25) is 14.3 Å². The van der Waals surface area contributed by atoms with Crippen LogP contribution in [0.4, 0.5) is 0 Å². The summed E-state index contributed by atoms with van der Waals surface area (Å²) in [6, 6.07) is 1.98. The molecule has 0 bridgehead atoms. The first kappa shape index (κ1) is 15.5. The Morgan fingerprint density at radius 2 is 2.24 bits per heavy atom. The van der Waals surface area contributed by atoms with Gasteiger partial charge in [0.1, 0.15) is 5.69 Å². The Morgan fingerprint density at radius 3 is 2.90 bits per heavy atom. The molecule has 2 heterocycles. The molecule has 2 amide bonds. The number of aromatic nitrogens is 2. The van der Waals surface area contributed by atoms with Gasteiger partial charge in [0.2, 0.25) is 5.91 Å². The summed E-state index contributed by atoms with van der Waals surface area (Å²) in [5.41, 5.74) is 0.517. The number of nitrogens with one attached hydrogen (secondary N) is 1. The van der Waals surface area contributed by atoms with Crippen LogP contribution < -0.4 is 5.32 Å². The molecule has 6 heteroatoms. The molecule has 0 spiro atoms. The second kappa shape index (κ2) is 7.24. The summed E-state index contributed by atoms with van der Waals surface area (Å²) < 4.78 is 1.77. The highest BCUT2D eigenvalue weighted by molar-refractivity contribution is 5.92. The van der Waals surface area contributed by atoms with Gasteiger partial charge >= 0.3 is 0 Å². The summed E-state index contributed by atoms with van der Waals surface area (Å²) in [5.74, 6) is -0.0138. The monoisotopic (exact) mass is 292 g/mol. The third kappa shape index (κ3) is 4.06. The summed E-state index contributed by atoms with van der Waals surface area (Å²) in [6.45, 7) is 5.68. The Bertz CT molecular complexity index is 498. The lowest BCUT2D eigenvalue weighted by atomic mass is 9.99. The van der Waals surface area contributed by atoms with Gasteiger partial charge in [-0.15, -0.1) is 0 Å². The average molecular weight is 292 g/mol. The number of amides is 2. The van der Waals surface area contributed by atoms with E-state index in [1.807, 2.05) is 18.0 Å². The lowest BCUT2D eigenvalue weighted by Crippen LogP contribution is -2.45. The van der Waals surface area contributed by atoms with Crippen molar-refractivity contribution in [2.24, 2.45) is 0 Å². The Hall–Kier alpha value is -1.85. The minimum Gasteiger partial charge on any atom is -0.356 e. The maximum atomic E-state index is 12.6. The lowest BCUT2D eigenvalue weighted by Gasteiger charge is -2.35. The van der Waals surface area contributed by atoms with Crippen molar-refractivity contribution in [1.29, 1.82) is 0 Å². The molecule has 1 aliphatic heterocycles. The van der Waals surface area contributed by atoms with E-state index >= 15 is 0 Å². The van der Waals surface area contributed by atoms with Crippen molar-refractivity contribution >= 4 is 11.8 Å². The molecule has 1 saturated heterocycles. The van der Waals surface area contributed by atoms with Crippen LogP contribution in [-0.2, 0) is 11.3 Å². The zero-order chi connectivity index (χ0) is 15.2. The number of nitrogens with zero attached hydrogens (tertiary/aromatic N) is 3.